The van der Waals surface area contributed by atoms with Gasteiger partial charge in [-0.05, 0) is 26.3 Å². The maximum atomic E-state index is 12.0. The summed E-state index contributed by atoms with van der Waals surface area (Å²) in [7, 11) is 0. The molecule has 1 N–H and O–H groups in total. The molecule has 6 heteroatoms. The molecule has 0 spiro atoms. The first kappa shape index (κ1) is 17.5. The van der Waals surface area contributed by atoms with Crippen molar-refractivity contribution < 1.29 is 23.5 Å². The number of imide groups is 1. The molecular weight excluding hydrogens is 310 g/mol. The van der Waals surface area contributed by atoms with Gasteiger partial charge in [-0.1, -0.05) is 30.3 Å². The highest BCUT2D eigenvalue weighted by Gasteiger charge is 2.21. The van der Waals surface area contributed by atoms with Gasteiger partial charge in [0.2, 0.25) is 5.91 Å². The fourth-order valence-corrected chi connectivity index (χ4v) is 2.31. The first-order chi connectivity index (χ1) is 11.4. The molecule has 24 heavy (non-hydrogen) atoms. The van der Waals surface area contributed by atoms with E-state index in [9.17, 15) is 14.4 Å². The second kappa shape index (κ2) is 7.59. The van der Waals surface area contributed by atoms with Gasteiger partial charge in [0.25, 0.3) is 5.91 Å². The number of esters is 1. The summed E-state index contributed by atoms with van der Waals surface area (Å²) in [6, 6.07) is 9.04. The number of rotatable bonds is 5. The van der Waals surface area contributed by atoms with Crippen molar-refractivity contribution in [3.63, 3.8) is 0 Å². The van der Waals surface area contributed by atoms with Crippen LogP contribution < -0.4 is 5.32 Å². The number of nitrogens with one attached hydrogen (secondary N) is 1. The van der Waals surface area contributed by atoms with E-state index in [1.807, 2.05) is 18.2 Å². The molecule has 0 fully saturated rings. The fraction of sp³-hybridized carbons (Fsp3) is 0.278. The number of ether oxygens (including phenoxy) is 1. The molecule has 1 aromatic heterocycles. The van der Waals surface area contributed by atoms with Gasteiger partial charge in [0.1, 0.15) is 17.1 Å². The Morgan fingerprint density at radius 3 is 2.25 bits per heavy atom. The highest BCUT2D eigenvalue weighted by molar-refractivity contribution is 5.98. The van der Waals surface area contributed by atoms with Crippen molar-refractivity contribution in [1.82, 2.24) is 5.32 Å². The Morgan fingerprint density at radius 2 is 1.67 bits per heavy atom. The number of carbonyl (C=O) groups excluding carboxylic acids is 3. The van der Waals surface area contributed by atoms with Gasteiger partial charge in [0.15, 0.2) is 6.61 Å². The minimum Gasteiger partial charge on any atom is -0.465 e. The second-order valence-electron chi connectivity index (χ2n) is 5.42. The number of carbonyl (C=O) groups is 3. The Kier molecular flexibility index (Phi) is 5.52. The van der Waals surface area contributed by atoms with Crippen LogP contribution in [0.1, 0.15) is 33.0 Å². The standard InChI is InChI=1S/C18H19NO5/c1-11-12(2)24-13(3)17(11)18(22)23-10-16(21)19-15(20)9-14-7-5-4-6-8-14/h4-8H,9-10H2,1-3H3,(H,19,20,21). The van der Waals surface area contributed by atoms with Crippen LogP contribution in [-0.2, 0) is 20.7 Å². The molecule has 2 aromatic rings. The maximum Gasteiger partial charge on any atom is 0.342 e. The van der Waals surface area contributed by atoms with E-state index in [0.29, 0.717) is 22.6 Å². The molecule has 2 rings (SSSR count). The average molecular weight is 329 g/mol. The minimum atomic E-state index is -0.667. The SMILES string of the molecule is Cc1oc(C)c(C(=O)OCC(=O)NC(=O)Cc2ccccc2)c1C. The molecule has 2 amide bonds. The van der Waals surface area contributed by atoms with Crippen LogP contribution >= 0.6 is 0 Å². The summed E-state index contributed by atoms with van der Waals surface area (Å²) < 4.78 is 10.3. The summed E-state index contributed by atoms with van der Waals surface area (Å²) in [5, 5.41) is 2.19. The topological polar surface area (TPSA) is 85.6 Å². The van der Waals surface area contributed by atoms with Gasteiger partial charge in [0, 0.05) is 5.56 Å². The van der Waals surface area contributed by atoms with Crippen LogP contribution in [0.25, 0.3) is 0 Å². The number of furan rings is 1. The van der Waals surface area contributed by atoms with Crippen LogP contribution in [0.5, 0.6) is 0 Å². The Hall–Kier alpha value is -2.89. The van der Waals surface area contributed by atoms with Crippen LogP contribution in [-0.4, -0.2) is 24.4 Å². The van der Waals surface area contributed by atoms with E-state index in [-0.39, 0.29) is 6.42 Å². The number of hydrogen-bond donors (Lipinski definition) is 1. The number of aryl methyl sites for hydroxylation is 2. The number of amides is 2. The quantitative estimate of drug-likeness (QED) is 0.850. The molecule has 1 heterocycles. The third kappa shape index (κ3) is 4.32. The molecule has 6 nitrogen and oxygen atoms in total. The lowest BCUT2D eigenvalue weighted by molar-refractivity contribution is -0.132. The van der Waals surface area contributed by atoms with E-state index in [4.69, 9.17) is 9.15 Å². The normalized spacial score (nSPS) is 10.3. The second-order valence-corrected chi connectivity index (χ2v) is 5.42. The summed E-state index contributed by atoms with van der Waals surface area (Å²) >= 11 is 0. The predicted octanol–water partition coefficient (Wildman–Crippen LogP) is 2.25. The smallest absolute Gasteiger partial charge is 0.342 e. The summed E-state index contributed by atoms with van der Waals surface area (Å²) in [6.07, 6.45) is 0.0830. The van der Waals surface area contributed by atoms with E-state index in [1.54, 1.807) is 32.9 Å². The highest BCUT2D eigenvalue weighted by Crippen LogP contribution is 2.21. The zero-order valence-corrected chi connectivity index (χ0v) is 13.8. The van der Waals surface area contributed by atoms with Gasteiger partial charge in [-0.3, -0.25) is 14.9 Å². The molecule has 0 aliphatic rings. The van der Waals surface area contributed by atoms with Crippen molar-refractivity contribution in [2.45, 2.75) is 27.2 Å². The molecular formula is C18H19NO5. The Balaban J connectivity index is 1.84. The maximum absolute atomic E-state index is 12.0. The lowest BCUT2D eigenvalue weighted by atomic mass is 10.1. The van der Waals surface area contributed by atoms with Crippen molar-refractivity contribution in [1.29, 1.82) is 0 Å². The Morgan fingerprint density at radius 1 is 1.00 bits per heavy atom. The predicted molar refractivity (Wildman–Crippen MR) is 86.5 cm³/mol. The first-order valence-electron chi connectivity index (χ1n) is 7.48. The van der Waals surface area contributed by atoms with Crippen molar-refractivity contribution in [2.75, 3.05) is 6.61 Å². The summed E-state index contributed by atoms with van der Waals surface area (Å²) in [6.45, 7) is 4.61. The van der Waals surface area contributed by atoms with Crippen LogP contribution in [0.4, 0.5) is 0 Å². The molecule has 0 saturated heterocycles. The lowest BCUT2D eigenvalue weighted by Crippen LogP contribution is -2.35. The fourth-order valence-electron chi connectivity index (χ4n) is 2.31. The number of benzene rings is 1. The Labute approximate surface area is 139 Å². The van der Waals surface area contributed by atoms with E-state index in [0.717, 1.165) is 5.56 Å². The minimum absolute atomic E-state index is 0.0830. The van der Waals surface area contributed by atoms with Crippen LogP contribution in [0.2, 0.25) is 0 Å². The van der Waals surface area contributed by atoms with E-state index in [1.165, 1.54) is 0 Å². The van der Waals surface area contributed by atoms with Gasteiger partial charge in [-0.25, -0.2) is 4.79 Å². The molecule has 126 valence electrons. The zero-order valence-electron chi connectivity index (χ0n) is 13.8. The molecule has 0 saturated carbocycles. The van der Waals surface area contributed by atoms with Gasteiger partial charge >= 0.3 is 5.97 Å². The van der Waals surface area contributed by atoms with Crippen LogP contribution in [0, 0.1) is 20.8 Å². The summed E-state index contributed by atoms with van der Waals surface area (Å²) in [4.78, 5) is 35.5. The molecule has 0 aliphatic carbocycles. The van der Waals surface area contributed by atoms with Crippen LogP contribution in [0.3, 0.4) is 0 Å². The summed E-state index contributed by atoms with van der Waals surface area (Å²) in [5.74, 6) is -0.696. The molecule has 0 bridgehead atoms. The van der Waals surface area contributed by atoms with Crippen molar-refractivity contribution in [2.24, 2.45) is 0 Å². The van der Waals surface area contributed by atoms with Gasteiger partial charge < -0.3 is 9.15 Å². The largest absolute Gasteiger partial charge is 0.465 e. The molecule has 0 aliphatic heterocycles. The van der Waals surface area contributed by atoms with Gasteiger partial charge in [-0.2, -0.15) is 0 Å². The third-order valence-corrected chi connectivity index (χ3v) is 3.59. The monoisotopic (exact) mass is 329 g/mol. The van der Waals surface area contributed by atoms with Crippen molar-refractivity contribution in [3.05, 3.63) is 58.5 Å². The Bertz CT molecular complexity index is 761. The number of hydrogen-bond acceptors (Lipinski definition) is 5. The van der Waals surface area contributed by atoms with Crippen molar-refractivity contribution in [3.8, 4) is 0 Å². The highest BCUT2D eigenvalue weighted by atomic mass is 16.5. The third-order valence-electron chi connectivity index (χ3n) is 3.59. The molecule has 1 aromatic carbocycles. The molecule has 0 atom stereocenters. The molecule has 0 radical (unpaired) electrons. The zero-order chi connectivity index (χ0) is 17.7. The van der Waals surface area contributed by atoms with Crippen LogP contribution in [0.15, 0.2) is 34.7 Å². The lowest BCUT2D eigenvalue weighted by Gasteiger charge is -2.06. The van der Waals surface area contributed by atoms with E-state index >= 15 is 0 Å². The molecule has 0 unspecified atom stereocenters. The summed E-state index contributed by atoms with van der Waals surface area (Å²) in [5.41, 5.74) is 1.79. The van der Waals surface area contributed by atoms with Gasteiger partial charge in [-0.15, -0.1) is 0 Å². The first-order valence-corrected chi connectivity index (χ1v) is 7.48. The van der Waals surface area contributed by atoms with E-state index < -0.39 is 24.4 Å². The van der Waals surface area contributed by atoms with Gasteiger partial charge in [0.05, 0.1) is 6.42 Å². The van der Waals surface area contributed by atoms with Crippen molar-refractivity contribution >= 4 is 17.8 Å². The van der Waals surface area contributed by atoms with E-state index in [2.05, 4.69) is 5.32 Å². The average Bonchev–Trinajstić information content (AvgIpc) is 2.78.